The van der Waals surface area contributed by atoms with Crippen molar-refractivity contribution in [1.29, 1.82) is 0 Å². The van der Waals surface area contributed by atoms with Crippen molar-refractivity contribution in [2.75, 3.05) is 23.7 Å². The van der Waals surface area contributed by atoms with Crippen LogP contribution in [0.1, 0.15) is 31.2 Å². The van der Waals surface area contributed by atoms with Crippen molar-refractivity contribution < 1.29 is 4.74 Å². The van der Waals surface area contributed by atoms with Crippen LogP contribution in [0.3, 0.4) is 0 Å². The second kappa shape index (κ2) is 5.96. The van der Waals surface area contributed by atoms with E-state index in [2.05, 4.69) is 26.8 Å². The van der Waals surface area contributed by atoms with E-state index in [1.807, 2.05) is 0 Å². The number of nitrogens with zero attached hydrogens (tertiary/aromatic N) is 5. The lowest BCUT2D eigenvalue weighted by molar-refractivity contribution is 0.363. The Morgan fingerprint density at radius 2 is 2.04 bits per heavy atom. The van der Waals surface area contributed by atoms with Gasteiger partial charge in [0.05, 0.1) is 30.3 Å². The van der Waals surface area contributed by atoms with Crippen molar-refractivity contribution in [3.05, 3.63) is 36.0 Å². The van der Waals surface area contributed by atoms with Crippen LogP contribution in [0.15, 0.2) is 29.6 Å². The normalized spacial score (nSPS) is 18.6. The minimum atomic E-state index is -0.0889. The number of hydrogen-bond donors (Lipinski definition) is 2. The number of hydrogen-bond acceptors (Lipinski definition) is 8. The van der Waals surface area contributed by atoms with E-state index < -0.39 is 0 Å². The van der Waals surface area contributed by atoms with Gasteiger partial charge in [0.1, 0.15) is 11.5 Å². The summed E-state index contributed by atoms with van der Waals surface area (Å²) >= 11 is 0. The molecular weight excluding hydrogens is 318 g/mol. The first-order valence-corrected chi connectivity index (χ1v) is 8.34. The van der Waals surface area contributed by atoms with Crippen molar-refractivity contribution in [2.24, 2.45) is 10.7 Å². The molecule has 4 heterocycles. The topological polar surface area (TPSA) is 116 Å². The highest BCUT2D eigenvalue weighted by molar-refractivity contribution is 5.97. The van der Waals surface area contributed by atoms with Crippen LogP contribution in [0.25, 0.3) is 0 Å². The van der Waals surface area contributed by atoms with Crippen molar-refractivity contribution in [3.8, 4) is 5.75 Å². The van der Waals surface area contributed by atoms with E-state index in [1.165, 1.54) is 0 Å². The van der Waals surface area contributed by atoms with Gasteiger partial charge >= 0.3 is 0 Å². The molecule has 25 heavy (non-hydrogen) atoms. The third-order valence-corrected chi connectivity index (χ3v) is 4.66. The van der Waals surface area contributed by atoms with E-state index >= 15 is 0 Å². The first kappa shape index (κ1) is 15.8. The molecule has 8 heteroatoms. The molecule has 1 fully saturated rings. The van der Waals surface area contributed by atoms with Crippen molar-refractivity contribution in [3.63, 3.8) is 0 Å². The summed E-state index contributed by atoms with van der Waals surface area (Å²) in [6, 6.07) is 1.68. The van der Waals surface area contributed by atoms with Crippen LogP contribution in [0.5, 0.6) is 5.75 Å². The number of nitrogen functional groups attached to an aromatic ring is 1. The SMILES string of the molecule is CC1(N)CCN(c2cnc3c(n2)CN=C3Oc2cnccc2N)CC1. The Balaban J connectivity index is 1.51. The van der Waals surface area contributed by atoms with E-state index in [0.29, 0.717) is 29.6 Å². The van der Waals surface area contributed by atoms with Crippen molar-refractivity contribution in [1.82, 2.24) is 15.0 Å². The Kier molecular flexibility index (Phi) is 3.76. The summed E-state index contributed by atoms with van der Waals surface area (Å²) in [6.07, 6.45) is 6.83. The van der Waals surface area contributed by atoms with Crippen LogP contribution in [-0.2, 0) is 6.54 Å². The lowest BCUT2D eigenvalue weighted by atomic mass is 9.91. The maximum Gasteiger partial charge on any atom is 0.243 e. The average molecular weight is 339 g/mol. The maximum absolute atomic E-state index is 6.20. The molecule has 0 spiro atoms. The molecular formula is C17H21N7O. The van der Waals surface area contributed by atoms with E-state index in [9.17, 15) is 0 Å². The van der Waals surface area contributed by atoms with Gasteiger partial charge in [0, 0.05) is 24.8 Å². The van der Waals surface area contributed by atoms with Gasteiger partial charge in [0.15, 0.2) is 5.75 Å². The predicted octanol–water partition coefficient (Wildman–Crippen LogP) is 1.11. The number of fused-ring (bicyclic) bond motifs is 1. The first-order valence-electron chi connectivity index (χ1n) is 8.34. The molecule has 0 saturated carbocycles. The summed E-state index contributed by atoms with van der Waals surface area (Å²) in [6.45, 7) is 4.32. The number of pyridine rings is 1. The molecule has 1 saturated heterocycles. The van der Waals surface area contributed by atoms with Crippen LogP contribution in [0, 0.1) is 0 Å². The van der Waals surface area contributed by atoms with Gasteiger partial charge in [-0.25, -0.2) is 15.0 Å². The summed E-state index contributed by atoms with van der Waals surface area (Å²) in [5, 5.41) is 0. The van der Waals surface area contributed by atoms with E-state index in [-0.39, 0.29) is 5.54 Å². The van der Waals surface area contributed by atoms with E-state index in [1.54, 1.807) is 24.7 Å². The highest BCUT2D eigenvalue weighted by atomic mass is 16.5. The lowest BCUT2D eigenvalue weighted by Crippen LogP contribution is -2.48. The Bertz CT molecular complexity index is 823. The monoisotopic (exact) mass is 339 g/mol. The second-order valence-electron chi connectivity index (χ2n) is 6.80. The number of anilines is 2. The minimum absolute atomic E-state index is 0.0889. The molecule has 0 aromatic carbocycles. The third kappa shape index (κ3) is 3.12. The summed E-state index contributed by atoms with van der Waals surface area (Å²) in [5.74, 6) is 1.77. The highest BCUT2D eigenvalue weighted by Gasteiger charge is 2.28. The van der Waals surface area contributed by atoms with Gasteiger partial charge < -0.3 is 21.1 Å². The fourth-order valence-corrected chi connectivity index (χ4v) is 2.99. The smallest absolute Gasteiger partial charge is 0.243 e. The highest BCUT2D eigenvalue weighted by Crippen LogP contribution is 2.26. The maximum atomic E-state index is 6.20. The van der Waals surface area contributed by atoms with Gasteiger partial charge in [-0.15, -0.1) is 0 Å². The Hall–Kier alpha value is -2.74. The molecule has 8 nitrogen and oxygen atoms in total. The summed E-state index contributed by atoms with van der Waals surface area (Å²) in [5.41, 5.74) is 14.0. The van der Waals surface area contributed by atoms with Crippen LogP contribution in [0.2, 0.25) is 0 Å². The molecule has 0 atom stereocenters. The number of rotatable bonds is 2. The number of aromatic nitrogens is 3. The van der Waals surface area contributed by atoms with Crippen LogP contribution in [0.4, 0.5) is 11.5 Å². The van der Waals surface area contributed by atoms with Gasteiger partial charge in [0.2, 0.25) is 5.90 Å². The largest absolute Gasteiger partial charge is 0.433 e. The van der Waals surface area contributed by atoms with E-state index in [0.717, 1.165) is 37.4 Å². The van der Waals surface area contributed by atoms with Crippen molar-refractivity contribution in [2.45, 2.75) is 31.8 Å². The predicted molar refractivity (Wildman–Crippen MR) is 95.6 cm³/mol. The molecule has 4 N–H and O–H groups in total. The molecule has 2 aliphatic rings. The fraction of sp³-hybridized carbons (Fsp3) is 0.412. The molecule has 0 bridgehead atoms. The molecule has 130 valence electrons. The zero-order valence-corrected chi connectivity index (χ0v) is 14.1. The molecule has 2 aromatic heterocycles. The summed E-state index contributed by atoms with van der Waals surface area (Å²) in [4.78, 5) is 19.9. The zero-order valence-electron chi connectivity index (χ0n) is 14.1. The van der Waals surface area contributed by atoms with Gasteiger partial charge in [0.25, 0.3) is 0 Å². The third-order valence-electron chi connectivity index (χ3n) is 4.66. The Labute approximate surface area is 146 Å². The average Bonchev–Trinajstić information content (AvgIpc) is 2.99. The number of aliphatic imine (C=N–C) groups is 1. The number of ether oxygens (including phenoxy) is 1. The number of nitrogens with two attached hydrogens (primary N) is 2. The quantitative estimate of drug-likeness (QED) is 0.842. The Morgan fingerprint density at radius 1 is 1.24 bits per heavy atom. The molecule has 0 radical (unpaired) electrons. The standard InChI is InChI=1S/C17H21N7O/c1-17(19)3-6-24(7-4-17)14-10-21-15-12(23-14)8-22-16(15)25-13-9-20-5-2-11(13)18/h2,5,9-10H,3-4,6-8,19H2,1H3,(H2,18,20). The molecule has 0 unspecified atom stereocenters. The van der Waals surface area contributed by atoms with Crippen molar-refractivity contribution >= 4 is 17.4 Å². The van der Waals surface area contributed by atoms with Gasteiger partial charge in [-0.3, -0.25) is 4.98 Å². The zero-order chi connectivity index (χ0) is 17.4. The van der Waals surface area contributed by atoms with E-state index in [4.69, 9.17) is 21.2 Å². The molecule has 0 amide bonds. The van der Waals surface area contributed by atoms with Crippen LogP contribution >= 0.6 is 0 Å². The summed E-state index contributed by atoms with van der Waals surface area (Å²) < 4.78 is 5.78. The summed E-state index contributed by atoms with van der Waals surface area (Å²) in [7, 11) is 0. The molecule has 0 aliphatic carbocycles. The second-order valence-corrected chi connectivity index (χ2v) is 6.80. The van der Waals surface area contributed by atoms with Crippen LogP contribution in [-0.4, -0.2) is 39.5 Å². The van der Waals surface area contributed by atoms with Crippen LogP contribution < -0.4 is 21.1 Å². The first-order chi connectivity index (χ1) is 12.0. The Morgan fingerprint density at radius 3 is 2.80 bits per heavy atom. The van der Waals surface area contributed by atoms with Gasteiger partial charge in [-0.1, -0.05) is 0 Å². The minimum Gasteiger partial charge on any atom is -0.433 e. The van der Waals surface area contributed by atoms with Gasteiger partial charge in [-0.2, -0.15) is 0 Å². The fourth-order valence-electron chi connectivity index (χ4n) is 2.99. The number of piperidine rings is 1. The molecule has 2 aromatic rings. The molecule has 2 aliphatic heterocycles. The van der Waals surface area contributed by atoms with Gasteiger partial charge in [-0.05, 0) is 25.8 Å². The molecule has 4 rings (SSSR count). The lowest BCUT2D eigenvalue weighted by Gasteiger charge is -2.37.